The molecule has 1 N–H and O–H groups in total. The molecule has 0 atom stereocenters. The molecule has 11 heavy (non-hydrogen) atoms. The monoisotopic (exact) mass is 155 g/mol. The molecule has 0 spiro atoms. The van der Waals surface area contributed by atoms with Crippen molar-refractivity contribution in [2.75, 3.05) is 26.3 Å². The van der Waals surface area contributed by atoms with E-state index in [9.17, 15) is 0 Å². The van der Waals surface area contributed by atoms with Gasteiger partial charge in [0.05, 0.1) is 0 Å². The molecule has 1 aliphatic heterocycles. The third-order valence-corrected chi connectivity index (χ3v) is 2.06. The van der Waals surface area contributed by atoms with E-state index in [1.165, 1.54) is 12.8 Å². The minimum atomic E-state index is 0.823. The first-order valence-corrected chi connectivity index (χ1v) is 4.33. The second-order valence-corrected chi connectivity index (χ2v) is 3.00. The van der Waals surface area contributed by atoms with E-state index in [2.05, 4.69) is 11.9 Å². The zero-order valence-electron chi connectivity index (χ0n) is 7.01. The van der Waals surface area contributed by atoms with Crippen LogP contribution < -0.4 is 5.32 Å². The number of hydrogen-bond acceptors (Lipinski definition) is 2. The van der Waals surface area contributed by atoms with Gasteiger partial charge in [-0.15, -0.1) is 6.58 Å². The smallest absolute Gasteiger partial charge is 0.0469 e. The van der Waals surface area contributed by atoms with E-state index in [-0.39, 0.29) is 0 Å². The topological polar surface area (TPSA) is 21.3 Å². The fourth-order valence-electron chi connectivity index (χ4n) is 1.34. The molecule has 0 aliphatic carbocycles. The van der Waals surface area contributed by atoms with Crippen molar-refractivity contribution in [1.82, 2.24) is 5.32 Å². The number of hydrogen-bond donors (Lipinski definition) is 1. The fraction of sp³-hybridized carbons (Fsp3) is 0.778. The summed E-state index contributed by atoms with van der Waals surface area (Å²) in [5.41, 5.74) is 0. The van der Waals surface area contributed by atoms with Crippen molar-refractivity contribution in [3.8, 4) is 0 Å². The zero-order valence-corrected chi connectivity index (χ0v) is 7.01. The van der Waals surface area contributed by atoms with Crippen LogP contribution in [0.15, 0.2) is 12.7 Å². The Morgan fingerprint density at radius 3 is 2.82 bits per heavy atom. The molecular formula is C9H17NO. The molecular weight excluding hydrogens is 138 g/mol. The molecule has 2 heteroatoms. The number of nitrogens with one attached hydrogen (secondary N) is 1. The third kappa shape index (κ3) is 3.54. The van der Waals surface area contributed by atoms with Crippen molar-refractivity contribution in [1.29, 1.82) is 0 Å². The van der Waals surface area contributed by atoms with E-state index in [0.29, 0.717) is 0 Å². The van der Waals surface area contributed by atoms with Crippen molar-refractivity contribution in [3.63, 3.8) is 0 Å². The summed E-state index contributed by atoms with van der Waals surface area (Å²) in [4.78, 5) is 0. The van der Waals surface area contributed by atoms with Crippen molar-refractivity contribution in [2.45, 2.75) is 12.8 Å². The summed E-state index contributed by atoms with van der Waals surface area (Å²) in [6.45, 7) is 7.59. The van der Waals surface area contributed by atoms with Crippen LogP contribution in [-0.2, 0) is 4.74 Å². The average Bonchev–Trinajstić information content (AvgIpc) is 2.07. The lowest BCUT2D eigenvalue weighted by Crippen LogP contribution is -2.27. The largest absolute Gasteiger partial charge is 0.381 e. The molecule has 1 heterocycles. The van der Waals surface area contributed by atoms with Crippen LogP contribution >= 0.6 is 0 Å². The normalized spacial score (nSPS) is 20.0. The highest BCUT2D eigenvalue weighted by atomic mass is 16.5. The van der Waals surface area contributed by atoms with E-state index in [1.807, 2.05) is 6.08 Å². The Kier molecular flexibility index (Phi) is 4.24. The third-order valence-electron chi connectivity index (χ3n) is 2.06. The molecule has 0 aromatic carbocycles. The quantitative estimate of drug-likeness (QED) is 0.486. The van der Waals surface area contributed by atoms with E-state index in [1.54, 1.807) is 0 Å². The molecule has 0 radical (unpaired) electrons. The lowest BCUT2D eigenvalue weighted by atomic mass is 10.0. The van der Waals surface area contributed by atoms with Gasteiger partial charge in [0.1, 0.15) is 0 Å². The Balaban J connectivity index is 2.00. The first-order valence-electron chi connectivity index (χ1n) is 4.33. The molecule has 0 bridgehead atoms. The molecule has 1 aliphatic rings. The predicted molar refractivity (Wildman–Crippen MR) is 46.6 cm³/mol. The Morgan fingerprint density at radius 1 is 1.45 bits per heavy atom. The van der Waals surface area contributed by atoms with E-state index < -0.39 is 0 Å². The van der Waals surface area contributed by atoms with Crippen molar-refractivity contribution in [3.05, 3.63) is 12.7 Å². The lowest BCUT2D eigenvalue weighted by Gasteiger charge is -2.21. The van der Waals surface area contributed by atoms with Crippen LogP contribution in [0.3, 0.4) is 0 Å². The van der Waals surface area contributed by atoms with Gasteiger partial charge in [0.2, 0.25) is 0 Å². The predicted octanol–water partition coefficient (Wildman–Crippen LogP) is 1.19. The van der Waals surface area contributed by atoms with Crippen molar-refractivity contribution in [2.24, 2.45) is 5.92 Å². The first-order chi connectivity index (χ1) is 5.43. The fourth-order valence-corrected chi connectivity index (χ4v) is 1.34. The highest BCUT2D eigenvalue weighted by Gasteiger charge is 2.12. The van der Waals surface area contributed by atoms with Gasteiger partial charge in [-0.25, -0.2) is 0 Å². The van der Waals surface area contributed by atoms with Gasteiger partial charge in [-0.05, 0) is 25.3 Å². The van der Waals surface area contributed by atoms with Gasteiger partial charge in [0, 0.05) is 19.8 Å². The van der Waals surface area contributed by atoms with Crippen LogP contribution in [0.1, 0.15) is 12.8 Å². The van der Waals surface area contributed by atoms with Gasteiger partial charge >= 0.3 is 0 Å². The van der Waals surface area contributed by atoms with Gasteiger partial charge in [0.25, 0.3) is 0 Å². The summed E-state index contributed by atoms with van der Waals surface area (Å²) >= 11 is 0. The van der Waals surface area contributed by atoms with Crippen LogP contribution in [0.2, 0.25) is 0 Å². The maximum absolute atomic E-state index is 5.26. The molecule has 1 fully saturated rings. The summed E-state index contributed by atoms with van der Waals surface area (Å²) in [7, 11) is 0. The summed E-state index contributed by atoms with van der Waals surface area (Å²) in [5.74, 6) is 0.823. The summed E-state index contributed by atoms with van der Waals surface area (Å²) < 4.78 is 5.26. The maximum atomic E-state index is 5.26. The number of rotatable bonds is 4. The lowest BCUT2D eigenvalue weighted by molar-refractivity contribution is 0.0666. The Morgan fingerprint density at radius 2 is 2.18 bits per heavy atom. The summed E-state index contributed by atoms with van der Waals surface area (Å²) in [6.07, 6.45) is 4.33. The highest BCUT2D eigenvalue weighted by Crippen LogP contribution is 2.12. The molecule has 0 unspecified atom stereocenters. The van der Waals surface area contributed by atoms with Gasteiger partial charge < -0.3 is 10.1 Å². The minimum Gasteiger partial charge on any atom is -0.381 e. The van der Waals surface area contributed by atoms with Gasteiger partial charge in [0.15, 0.2) is 0 Å². The molecule has 0 aromatic heterocycles. The van der Waals surface area contributed by atoms with Crippen LogP contribution in [-0.4, -0.2) is 26.3 Å². The maximum Gasteiger partial charge on any atom is 0.0469 e. The summed E-state index contributed by atoms with van der Waals surface area (Å²) in [6, 6.07) is 0. The van der Waals surface area contributed by atoms with Crippen LogP contribution in [0.4, 0.5) is 0 Å². The number of ether oxygens (including phenoxy) is 1. The van der Waals surface area contributed by atoms with Crippen molar-refractivity contribution >= 4 is 0 Å². The molecule has 64 valence electrons. The SMILES string of the molecule is C=CCNCC1CCOCC1. The van der Waals surface area contributed by atoms with Crippen molar-refractivity contribution < 1.29 is 4.74 Å². The minimum absolute atomic E-state index is 0.823. The van der Waals surface area contributed by atoms with Gasteiger partial charge in [-0.3, -0.25) is 0 Å². The van der Waals surface area contributed by atoms with Crippen LogP contribution in [0.5, 0.6) is 0 Å². The average molecular weight is 155 g/mol. The second kappa shape index (κ2) is 5.33. The molecule has 0 amide bonds. The Labute approximate surface area is 68.6 Å². The van der Waals surface area contributed by atoms with Crippen LogP contribution in [0, 0.1) is 5.92 Å². The zero-order chi connectivity index (χ0) is 7.94. The van der Waals surface area contributed by atoms with Gasteiger partial charge in [-0.1, -0.05) is 6.08 Å². The molecule has 0 aromatic rings. The Bertz CT molecular complexity index is 108. The van der Waals surface area contributed by atoms with E-state index in [0.717, 1.165) is 32.2 Å². The van der Waals surface area contributed by atoms with Gasteiger partial charge in [-0.2, -0.15) is 0 Å². The van der Waals surface area contributed by atoms with E-state index >= 15 is 0 Å². The first kappa shape index (κ1) is 8.75. The standard InChI is InChI=1S/C9H17NO/c1-2-5-10-8-9-3-6-11-7-4-9/h2,9-10H,1,3-8H2. The molecule has 0 saturated carbocycles. The molecule has 1 rings (SSSR count). The van der Waals surface area contributed by atoms with Crippen LogP contribution in [0.25, 0.3) is 0 Å². The molecule has 2 nitrogen and oxygen atoms in total. The van der Waals surface area contributed by atoms with E-state index in [4.69, 9.17) is 4.74 Å². The Hall–Kier alpha value is -0.340. The summed E-state index contributed by atoms with van der Waals surface area (Å²) in [5, 5.41) is 3.33. The molecule has 1 saturated heterocycles. The highest BCUT2D eigenvalue weighted by molar-refractivity contribution is 4.72. The second-order valence-electron chi connectivity index (χ2n) is 3.00.